The molecule has 0 spiro atoms. The summed E-state index contributed by atoms with van der Waals surface area (Å²) >= 11 is 4.93. The second-order valence-electron chi connectivity index (χ2n) is 3.21. The third-order valence-electron chi connectivity index (χ3n) is 1.38. The van der Waals surface area contributed by atoms with Crippen LogP contribution in [0.5, 0.6) is 0 Å². The molecular weight excluding hydrogens is 399 g/mol. The van der Waals surface area contributed by atoms with Crippen LogP contribution < -0.4 is 5.14 Å². The van der Waals surface area contributed by atoms with Crippen molar-refractivity contribution in [3.05, 3.63) is 28.7 Å². The van der Waals surface area contributed by atoms with E-state index < -0.39 is 22.2 Å². The van der Waals surface area contributed by atoms with Crippen LogP contribution in [0.15, 0.2) is 33.6 Å². The minimum atomic E-state index is -5.08. The molecule has 0 aliphatic carbocycles. The van der Waals surface area contributed by atoms with Crippen molar-refractivity contribution in [1.29, 1.82) is 0 Å². The van der Waals surface area contributed by atoms with Crippen LogP contribution in [-0.2, 0) is 14.8 Å². The fourth-order valence-corrected chi connectivity index (χ4v) is 1.40. The maximum Gasteiger partial charge on any atom is 0.490 e. The molecule has 5 nitrogen and oxygen atoms in total. The number of carbonyl (C=O) groups is 1. The summed E-state index contributed by atoms with van der Waals surface area (Å²) in [5, 5.41) is 12.0. The fourth-order valence-electron chi connectivity index (χ4n) is 0.624. The number of alkyl halides is 3. The van der Waals surface area contributed by atoms with Gasteiger partial charge in [0.05, 0.1) is 4.90 Å². The average Bonchev–Trinajstić information content (AvgIpc) is 2.28. The monoisotopic (exact) mass is 411 g/mol. The number of aliphatic carboxylic acids is 1. The van der Waals surface area contributed by atoms with Crippen LogP contribution >= 0.6 is 27.7 Å². The molecule has 1 aromatic rings. The summed E-state index contributed by atoms with van der Waals surface area (Å²) < 4.78 is 54.0. The smallest absolute Gasteiger partial charge is 0.475 e. The molecule has 0 aliphatic rings. The Labute approximate surface area is 132 Å². The molecule has 1 rings (SSSR count). The third kappa shape index (κ3) is 12.7. The number of rotatable bonds is 1. The van der Waals surface area contributed by atoms with Gasteiger partial charge in [0.15, 0.2) is 0 Å². The minimum absolute atomic E-state index is 0.126. The van der Waals surface area contributed by atoms with Crippen molar-refractivity contribution in [1.82, 2.24) is 0 Å². The van der Waals surface area contributed by atoms with Crippen LogP contribution in [0.4, 0.5) is 13.2 Å². The molecule has 0 heterocycles. The van der Waals surface area contributed by atoms with Gasteiger partial charge in [-0.3, -0.25) is 0 Å². The standard InChI is InChI=1S/C6H6BrNO2S.C2HF3O2.C2H6S/c7-5-1-3-6(4-2-5)11(8,9)10;3-2(4,5)1(6)7;1-3-2/h1-4H,(H2,8,9,10);(H,6,7);1-2H3. The first-order chi connectivity index (χ1) is 9.36. The van der Waals surface area contributed by atoms with Gasteiger partial charge in [-0.2, -0.15) is 24.9 Å². The number of carboxylic acid groups (broad SMARTS) is 1. The van der Waals surface area contributed by atoms with E-state index >= 15 is 0 Å². The van der Waals surface area contributed by atoms with Crippen LogP contribution in [0.2, 0.25) is 0 Å². The molecule has 0 bridgehead atoms. The zero-order valence-corrected chi connectivity index (χ0v) is 14.1. The van der Waals surface area contributed by atoms with Gasteiger partial charge in [-0.1, -0.05) is 15.9 Å². The van der Waals surface area contributed by atoms with Crippen molar-refractivity contribution in [3.8, 4) is 0 Å². The summed E-state index contributed by atoms with van der Waals surface area (Å²) in [7, 11) is -3.54. The first-order valence-corrected chi connectivity index (χ1v) is 8.82. The lowest BCUT2D eigenvalue weighted by Crippen LogP contribution is -2.21. The molecule has 122 valence electrons. The zero-order valence-electron chi connectivity index (χ0n) is 10.9. The molecule has 1 aromatic carbocycles. The van der Waals surface area contributed by atoms with Crippen LogP contribution in [-0.4, -0.2) is 38.2 Å². The van der Waals surface area contributed by atoms with Gasteiger partial charge in [0, 0.05) is 4.47 Å². The largest absolute Gasteiger partial charge is 0.490 e. The number of benzene rings is 1. The van der Waals surface area contributed by atoms with Crippen molar-refractivity contribution in [2.24, 2.45) is 5.14 Å². The van der Waals surface area contributed by atoms with E-state index in [9.17, 15) is 21.6 Å². The molecule has 3 N–H and O–H groups in total. The van der Waals surface area contributed by atoms with E-state index in [1.807, 2.05) is 12.5 Å². The first-order valence-electron chi connectivity index (χ1n) is 4.84. The zero-order chi connectivity index (χ0) is 17.3. The molecule has 0 fully saturated rings. The Morgan fingerprint density at radius 1 is 1.24 bits per heavy atom. The van der Waals surface area contributed by atoms with Gasteiger partial charge in [-0.25, -0.2) is 18.4 Å². The van der Waals surface area contributed by atoms with Gasteiger partial charge in [0.1, 0.15) is 0 Å². The summed E-state index contributed by atoms with van der Waals surface area (Å²) in [6.45, 7) is 0. The van der Waals surface area contributed by atoms with Crippen molar-refractivity contribution >= 4 is 43.7 Å². The normalized spacial score (nSPS) is 10.6. The fraction of sp³-hybridized carbons (Fsp3) is 0.300. The summed E-state index contributed by atoms with van der Waals surface area (Å²) in [5.74, 6) is -2.76. The van der Waals surface area contributed by atoms with Gasteiger partial charge in [-0.05, 0) is 36.8 Å². The summed E-state index contributed by atoms with van der Waals surface area (Å²) in [6, 6.07) is 6.14. The van der Waals surface area contributed by atoms with E-state index in [0.29, 0.717) is 0 Å². The predicted octanol–water partition coefficient (Wildman–Crippen LogP) is 2.71. The highest BCUT2D eigenvalue weighted by atomic mass is 79.9. The second-order valence-corrected chi connectivity index (χ2v) is 6.50. The lowest BCUT2D eigenvalue weighted by atomic mass is 10.4. The van der Waals surface area contributed by atoms with Crippen LogP contribution in [0.3, 0.4) is 0 Å². The molecule has 0 radical (unpaired) electrons. The highest BCUT2D eigenvalue weighted by Gasteiger charge is 2.38. The Kier molecular flexibility index (Phi) is 10.7. The molecule has 0 saturated heterocycles. The molecule has 0 aromatic heterocycles. The van der Waals surface area contributed by atoms with E-state index in [1.165, 1.54) is 12.1 Å². The average molecular weight is 412 g/mol. The van der Waals surface area contributed by atoms with Crippen molar-refractivity contribution < 1.29 is 31.5 Å². The quantitative estimate of drug-likeness (QED) is 0.740. The minimum Gasteiger partial charge on any atom is -0.475 e. The number of hydrogen-bond donors (Lipinski definition) is 2. The van der Waals surface area contributed by atoms with E-state index in [4.69, 9.17) is 15.0 Å². The maximum absolute atomic E-state index is 10.7. The number of primary sulfonamides is 1. The number of thioether (sulfide) groups is 1. The lowest BCUT2D eigenvalue weighted by Gasteiger charge is -1.95. The van der Waals surface area contributed by atoms with Gasteiger partial charge >= 0.3 is 12.1 Å². The maximum atomic E-state index is 10.7. The molecule has 0 unspecified atom stereocenters. The Morgan fingerprint density at radius 3 is 1.71 bits per heavy atom. The van der Waals surface area contributed by atoms with Gasteiger partial charge < -0.3 is 5.11 Å². The van der Waals surface area contributed by atoms with E-state index in [1.54, 1.807) is 23.9 Å². The summed E-state index contributed by atoms with van der Waals surface area (Å²) in [6.07, 6.45) is -1.00. The molecule has 0 saturated carbocycles. The van der Waals surface area contributed by atoms with Crippen molar-refractivity contribution in [3.63, 3.8) is 0 Å². The number of carboxylic acids is 1. The van der Waals surface area contributed by atoms with Gasteiger partial charge in [0.25, 0.3) is 0 Å². The van der Waals surface area contributed by atoms with E-state index in [0.717, 1.165) is 4.47 Å². The topological polar surface area (TPSA) is 97.5 Å². The SMILES string of the molecule is CSC.NS(=O)(=O)c1ccc(Br)cc1.O=C(O)C(F)(F)F. The predicted molar refractivity (Wildman–Crippen MR) is 78.6 cm³/mol. The second kappa shape index (κ2) is 10.0. The van der Waals surface area contributed by atoms with Crippen LogP contribution in [0.25, 0.3) is 0 Å². The van der Waals surface area contributed by atoms with Gasteiger partial charge in [-0.15, -0.1) is 0 Å². The van der Waals surface area contributed by atoms with Crippen LogP contribution in [0.1, 0.15) is 0 Å². The van der Waals surface area contributed by atoms with Gasteiger partial charge in [0.2, 0.25) is 10.0 Å². The Balaban J connectivity index is 0. The van der Waals surface area contributed by atoms with Crippen molar-refractivity contribution in [2.45, 2.75) is 11.1 Å². The highest BCUT2D eigenvalue weighted by molar-refractivity contribution is 9.10. The van der Waals surface area contributed by atoms with E-state index in [2.05, 4.69) is 15.9 Å². The Hall–Kier alpha value is -0.780. The molecule has 0 amide bonds. The molecule has 21 heavy (non-hydrogen) atoms. The molecule has 0 aliphatic heterocycles. The number of sulfonamides is 1. The molecular formula is C10H13BrF3NO4S2. The summed E-state index contributed by atoms with van der Waals surface area (Å²) in [4.78, 5) is 9.02. The third-order valence-corrected chi connectivity index (χ3v) is 2.84. The molecule has 0 atom stereocenters. The number of halogens is 4. The lowest BCUT2D eigenvalue weighted by molar-refractivity contribution is -0.192. The van der Waals surface area contributed by atoms with E-state index in [-0.39, 0.29) is 4.90 Å². The molecule has 11 heteroatoms. The summed E-state index contributed by atoms with van der Waals surface area (Å²) in [5.41, 5.74) is 0. The Bertz CT molecular complexity index is 532. The first kappa shape index (κ1) is 22.5. The number of hydrogen-bond acceptors (Lipinski definition) is 4. The van der Waals surface area contributed by atoms with Crippen molar-refractivity contribution in [2.75, 3.05) is 12.5 Å². The number of nitrogens with two attached hydrogens (primary N) is 1. The van der Waals surface area contributed by atoms with Crippen LogP contribution in [0, 0.1) is 0 Å². The Morgan fingerprint density at radius 2 is 1.52 bits per heavy atom. The highest BCUT2D eigenvalue weighted by Crippen LogP contribution is 2.13.